The predicted molar refractivity (Wildman–Crippen MR) is 103 cm³/mol. The molecule has 2 aromatic rings. The van der Waals surface area contributed by atoms with Crippen LogP contribution < -0.4 is 10.3 Å². The van der Waals surface area contributed by atoms with Crippen molar-refractivity contribution in [2.75, 3.05) is 33.3 Å². The number of benzene rings is 1. The van der Waals surface area contributed by atoms with Gasteiger partial charge in [0.15, 0.2) is 5.75 Å². The van der Waals surface area contributed by atoms with Crippen molar-refractivity contribution in [3.63, 3.8) is 0 Å². The van der Waals surface area contributed by atoms with Gasteiger partial charge in [-0.05, 0) is 17.7 Å². The Hall–Kier alpha value is -1.65. The molecule has 0 unspecified atom stereocenters. The van der Waals surface area contributed by atoms with Gasteiger partial charge in [-0.15, -0.1) is 0 Å². The molecule has 1 fully saturated rings. The molecule has 1 aromatic heterocycles. The number of hydrogen-bond acceptors (Lipinski definition) is 6. The second kappa shape index (κ2) is 8.15. The van der Waals surface area contributed by atoms with Crippen LogP contribution in [0.25, 0.3) is 0 Å². The lowest BCUT2D eigenvalue weighted by atomic mass is 10.2. The number of methoxy groups -OCH3 is 1. The van der Waals surface area contributed by atoms with Crippen molar-refractivity contribution < 1.29 is 9.84 Å². The quantitative estimate of drug-likeness (QED) is 0.543. The van der Waals surface area contributed by atoms with Crippen LogP contribution in [0, 0.1) is 0 Å². The van der Waals surface area contributed by atoms with Crippen LogP contribution in [-0.4, -0.2) is 56.2 Å². The molecule has 1 aromatic carbocycles. The van der Waals surface area contributed by atoms with Gasteiger partial charge in [0, 0.05) is 61.2 Å². The number of aromatic nitrogens is 2. The van der Waals surface area contributed by atoms with E-state index in [2.05, 4.69) is 36.0 Å². The summed E-state index contributed by atoms with van der Waals surface area (Å²) in [5.41, 5.74) is 1.04. The van der Waals surface area contributed by atoms with Gasteiger partial charge in [0.2, 0.25) is 0 Å². The van der Waals surface area contributed by atoms with Gasteiger partial charge in [-0.3, -0.25) is 9.69 Å². The molecule has 134 valence electrons. The van der Waals surface area contributed by atoms with Crippen molar-refractivity contribution >= 4 is 22.9 Å². The van der Waals surface area contributed by atoms with E-state index in [1.165, 1.54) is 4.68 Å². The Morgan fingerprint density at radius 1 is 1.16 bits per heavy atom. The van der Waals surface area contributed by atoms with Crippen molar-refractivity contribution in [1.82, 2.24) is 17.8 Å². The lowest BCUT2D eigenvalue weighted by Crippen LogP contribution is -2.41. The summed E-state index contributed by atoms with van der Waals surface area (Å²) in [6.07, 6.45) is 1.59. The van der Waals surface area contributed by atoms with Crippen molar-refractivity contribution in [2.24, 2.45) is 0 Å². The molecule has 0 saturated carbocycles. The summed E-state index contributed by atoms with van der Waals surface area (Å²) >= 11 is 2.31. The minimum absolute atomic E-state index is 0.208. The first-order valence-corrected chi connectivity index (χ1v) is 9.07. The Kier molecular flexibility index (Phi) is 5.92. The summed E-state index contributed by atoms with van der Waals surface area (Å²) in [4.78, 5) is 14.6. The van der Waals surface area contributed by atoms with Gasteiger partial charge in [0.25, 0.3) is 0 Å². The Balaban J connectivity index is 1.72. The molecule has 1 aliphatic heterocycles. The van der Waals surface area contributed by atoms with Crippen molar-refractivity contribution in [3.8, 4) is 11.5 Å². The molecule has 8 heteroatoms. The fraction of sp³-hybridized carbons (Fsp3) is 0.412. The highest BCUT2D eigenvalue weighted by atomic mass is 127. The highest BCUT2D eigenvalue weighted by Crippen LogP contribution is 2.16. The molecule has 1 N–H and O–H groups in total. The molecule has 0 bridgehead atoms. The fourth-order valence-corrected chi connectivity index (χ4v) is 3.20. The lowest BCUT2D eigenvalue weighted by Gasteiger charge is -2.31. The lowest BCUT2D eigenvalue weighted by molar-refractivity contribution is 0.196. The second-order valence-corrected chi connectivity index (χ2v) is 7.38. The van der Waals surface area contributed by atoms with Crippen LogP contribution in [-0.2, 0) is 13.1 Å². The Morgan fingerprint density at radius 3 is 2.48 bits per heavy atom. The Bertz CT molecular complexity index is 770. The minimum atomic E-state index is -0.458. The number of piperazine rings is 1. The Morgan fingerprint density at radius 2 is 1.84 bits per heavy atom. The number of halogens is 1. The zero-order valence-electron chi connectivity index (χ0n) is 14.1. The number of aromatic hydroxyl groups is 1. The van der Waals surface area contributed by atoms with Crippen molar-refractivity contribution in [3.05, 3.63) is 51.9 Å². The van der Waals surface area contributed by atoms with Crippen LogP contribution in [0.3, 0.4) is 0 Å². The summed E-state index contributed by atoms with van der Waals surface area (Å²) in [6, 6.07) is 7.42. The van der Waals surface area contributed by atoms with E-state index in [0.717, 1.165) is 37.5 Å². The van der Waals surface area contributed by atoms with E-state index in [0.29, 0.717) is 18.7 Å². The topological polar surface area (TPSA) is 70.8 Å². The molecule has 0 atom stereocenters. The highest BCUT2D eigenvalue weighted by molar-refractivity contribution is 14.1. The number of hydrogen-bond donors (Lipinski definition) is 1. The summed E-state index contributed by atoms with van der Waals surface area (Å²) in [5, 5.41) is 14.5. The molecule has 1 saturated heterocycles. The molecular formula is C17H21IN4O3. The van der Waals surface area contributed by atoms with E-state index >= 15 is 0 Å². The highest BCUT2D eigenvalue weighted by Gasteiger charge is 2.18. The minimum Gasteiger partial charge on any atom is -0.503 e. The van der Waals surface area contributed by atoms with Gasteiger partial charge in [0.05, 0.1) is 19.9 Å². The first kappa shape index (κ1) is 18.2. The maximum atomic E-state index is 12.4. The molecule has 2 heterocycles. The van der Waals surface area contributed by atoms with Gasteiger partial charge in [-0.1, -0.05) is 12.1 Å². The van der Waals surface area contributed by atoms with E-state index in [1.54, 1.807) is 13.3 Å². The largest absolute Gasteiger partial charge is 0.503 e. The van der Waals surface area contributed by atoms with E-state index < -0.39 is 5.56 Å². The number of rotatable bonds is 5. The fourth-order valence-electron chi connectivity index (χ4n) is 2.77. The molecule has 3 rings (SSSR count). The maximum absolute atomic E-state index is 12.4. The summed E-state index contributed by atoms with van der Waals surface area (Å²) in [6.45, 7) is 4.63. The SMILES string of the molecule is COc1ccc(Cn2ncc(CN3CCN(I)CC3)c(O)c2=O)cc1. The summed E-state index contributed by atoms with van der Waals surface area (Å²) in [5.74, 6) is 0.550. The molecule has 7 nitrogen and oxygen atoms in total. The van der Waals surface area contributed by atoms with Crippen LogP contribution in [0.1, 0.15) is 11.1 Å². The van der Waals surface area contributed by atoms with Gasteiger partial charge in [-0.2, -0.15) is 5.10 Å². The van der Waals surface area contributed by atoms with Crippen LogP contribution in [0.4, 0.5) is 0 Å². The molecule has 0 spiro atoms. The van der Waals surface area contributed by atoms with Crippen LogP contribution >= 0.6 is 22.9 Å². The van der Waals surface area contributed by atoms with Crippen LogP contribution in [0.15, 0.2) is 35.3 Å². The summed E-state index contributed by atoms with van der Waals surface area (Å²) < 4.78 is 8.64. The van der Waals surface area contributed by atoms with E-state index in [1.807, 2.05) is 24.3 Å². The Labute approximate surface area is 160 Å². The second-order valence-electron chi connectivity index (χ2n) is 6.02. The first-order valence-electron chi connectivity index (χ1n) is 8.11. The monoisotopic (exact) mass is 456 g/mol. The molecule has 25 heavy (non-hydrogen) atoms. The first-order chi connectivity index (χ1) is 12.1. The molecule has 0 aliphatic carbocycles. The van der Waals surface area contributed by atoms with Crippen LogP contribution in [0.2, 0.25) is 0 Å². The third-order valence-electron chi connectivity index (χ3n) is 4.30. The van der Waals surface area contributed by atoms with Gasteiger partial charge in [0.1, 0.15) is 5.75 Å². The maximum Gasteiger partial charge on any atom is 0.309 e. The molecule has 1 aliphatic rings. The standard InChI is InChI=1S/C17H21IN4O3/c1-25-15-4-2-13(3-5-15)11-22-17(24)16(23)14(10-19-22)12-20-6-8-21(18)9-7-20/h2-5,10,23H,6-9,11-12H2,1H3. The molecule has 0 radical (unpaired) electrons. The van der Waals surface area contributed by atoms with E-state index in [-0.39, 0.29) is 5.75 Å². The molecule has 0 amide bonds. The van der Waals surface area contributed by atoms with Crippen molar-refractivity contribution in [2.45, 2.75) is 13.1 Å². The average molecular weight is 456 g/mol. The van der Waals surface area contributed by atoms with Gasteiger partial charge in [-0.25, -0.2) is 7.80 Å². The van der Waals surface area contributed by atoms with Gasteiger partial charge >= 0.3 is 5.56 Å². The molecular weight excluding hydrogens is 435 g/mol. The normalized spacial score (nSPS) is 16.1. The third kappa shape index (κ3) is 4.50. The number of nitrogens with zero attached hydrogens (tertiary/aromatic N) is 4. The van der Waals surface area contributed by atoms with E-state index in [4.69, 9.17) is 4.74 Å². The van der Waals surface area contributed by atoms with Crippen LogP contribution in [0.5, 0.6) is 11.5 Å². The van der Waals surface area contributed by atoms with Crippen molar-refractivity contribution in [1.29, 1.82) is 0 Å². The van der Waals surface area contributed by atoms with Gasteiger partial charge < -0.3 is 9.84 Å². The summed E-state index contributed by atoms with van der Waals surface area (Å²) in [7, 11) is 1.61. The zero-order valence-corrected chi connectivity index (χ0v) is 16.2. The predicted octanol–water partition coefficient (Wildman–Crippen LogP) is 1.47. The van der Waals surface area contributed by atoms with E-state index in [9.17, 15) is 9.90 Å². The average Bonchev–Trinajstić information content (AvgIpc) is 2.64. The number of ether oxygens (including phenoxy) is 1. The smallest absolute Gasteiger partial charge is 0.309 e. The zero-order chi connectivity index (χ0) is 17.8. The third-order valence-corrected chi connectivity index (χ3v) is 5.26.